The Morgan fingerprint density at radius 1 is 1.19 bits per heavy atom. The molecule has 2 unspecified atom stereocenters. The van der Waals surface area contributed by atoms with E-state index in [0.29, 0.717) is 35.0 Å². The second-order valence-corrected chi connectivity index (χ2v) is 12.4. The van der Waals surface area contributed by atoms with Crippen LogP contribution in [0.4, 0.5) is 5.69 Å². The van der Waals surface area contributed by atoms with Crippen molar-refractivity contribution in [2.24, 2.45) is 21.1 Å². The number of carbonyl (C=O) groups is 1. The summed E-state index contributed by atoms with van der Waals surface area (Å²) in [5, 5.41) is 20.1. The van der Waals surface area contributed by atoms with Gasteiger partial charge in [0, 0.05) is 22.4 Å². The monoisotopic (exact) mass is 552 g/mol. The van der Waals surface area contributed by atoms with Gasteiger partial charge in [-0.25, -0.2) is 0 Å². The minimum atomic E-state index is -0.517. The van der Waals surface area contributed by atoms with Crippen molar-refractivity contribution >= 4 is 38.4 Å². The number of rotatable bonds is 6. The lowest BCUT2D eigenvalue weighted by atomic mass is 9.65. The first-order chi connectivity index (χ1) is 17.0. The van der Waals surface area contributed by atoms with E-state index in [1.807, 2.05) is 54.0 Å². The topological polar surface area (TPSA) is 79.4 Å². The lowest BCUT2D eigenvalue weighted by Gasteiger charge is -2.40. The maximum Gasteiger partial charge on any atom is 0.302 e. The Balaban J connectivity index is 1.39. The Morgan fingerprint density at radius 3 is 2.75 bits per heavy atom. The first kappa shape index (κ1) is 25.0. The highest BCUT2D eigenvalue weighted by molar-refractivity contribution is 9.10. The molecule has 5 rings (SSSR count). The van der Waals surface area contributed by atoms with Gasteiger partial charge in [-0.1, -0.05) is 54.9 Å². The summed E-state index contributed by atoms with van der Waals surface area (Å²) in [6.07, 6.45) is 3.55. The van der Waals surface area contributed by atoms with Gasteiger partial charge in [-0.2, -0.15) is 0 Å². The van der Waals surface area contributed by atoms with Gasteiger partial charge in [0.25, 0.3) is 0 Å². The molecule has 2 atom stereocenters. The first-order valence-corrected chi connectivity index (χ1v) is 13.2. The average Bonchev–Trinajstić information content (AvgIpc) is 3.19. The third-order valence-corrected chi connectivity index (χ3v) is 8.02. The highest BCUT2D eigenvalue weighted by Gasteiger charge is 2.49. The van der Waals surface area contributed by atoms with E-state index in [2.05, 4.69) is 51.8 Å². The van der Waals surface area contributed by atoms with Crippen LogP contribution in [-0.4, -0.2) is 39.7 Å². The summed E-state index contributed by atoms with van der Waals surface area (Å²) in [5.41, 5.74) is 2.71. The lowest BCUT2D eigenvalue weighted by molar-refractivity contribution is -0.120. The van der Waals surface area contributed by atoms with Gasteiger partial charge in [-0.15, -0.1) is 10.2 Å². The molecule has 36 heavy (non-hydrogen) atoms. The Morgan fingerprint density at radius 2 is 1.97 bits per heavy atom. The standard InChI is InChI=1S/C28H33BrN4O3/c1-18-7-5-6-8-23(18)36-14-24(34)30-31-25-21-11-19(29)9-10-22(21)33(26(25)35)17-32-16-28(4)13-20(32)12-27(2,3)15-28/h5-11,20,35H,12-17H2,1-4H3. The number of carbonyl (C=O) groups excluding carboxylic acids is 1. The smallest absolute Gasteiger partial charge is 0.302 e. The fourth-order valence-corrected chi connectivity index (χ4v) is 6.81. The van der Waals surface area contributed by atoms with Crippen LogP contribution in [0.25, 0.3) is 10.9 Å². The number of amides is 1. The van der Waals surface area contributed by atoms with Gasteiger partial charge < -0.3 is 9.84 Å². The van der Waals surface area contributed by atoms with Gasteiger partial charge in [0.1, 0.15) is 5.75 Å². The van der Waals surface area contributed by atoms with Crippen molar-refractivity contribution in [2.45, 2.75) is 59.7 Å². The van der Waals surface area contributed by atoms with E-state index >= 15 is 0 Å². The molecule has 7 nitrogen and oxygen atoms in total. The van der Waals surface area contributed by atoms with Gasteiger partial charge in [0.2, 0.25) is 5.88 Å². The summed E-state index contributed by atoms with van der Waals surface area (Å²) in [5.74, 6) is 0.138. The predicted octanol–water partition coefficient (Wildman–Crippen LogP) is 6.97. The number of azo groups is 1. The molecule has 1 saturated heterocycles. The summed E-state index contributed by atoms with van der Waals surface area (Å²) in [6.45, 7) is 10.4. The third kappa shape index (κ3) is 4.93. The molecule has 1 aromatic heterocycles. The van der Waals surface area contributed by atoms with Crippen molar-refractivity contribution in [1.29, 1.82) is 0 Å². The van der Waals surface area contributed by atoms with E-state index < -0.39 is 5.91 Å². The highest BCUT2D eigenvalue weighted by Crippen LogP contribution is 2.53. The summed E-state index contributed by atoms with van der Waals surface area (Å²) >= 11 is 3.52. The zero-order valence-corrected chi connectivity index (χ0v) is 22.9. The van der Waals surface area contributed by atoms with Crippen LogP contribution < -0.4 is 4.74 Å². The number of aromatic nitrogens is 1. The minimum Gasteiger partial charge on any atom is -0.493 e. The fourth-order valence-electron chi connectivity index (χ4n) is 6.45. The molecule has 190 valence electrons. The summed E-state index contributed by atoms with van der Waals surface area (Å²) in [6, 6.07) is 13.8. The Hall–Kier alpha value is -2.71. The van der Waals surface area contributed by atoms with E-state index in [1.165, 1.54) is 12.8 Å². The molecule has 8 heteroatoms. The largest absolute Gasteiger partial charge is 0.493 e. The van der Waals surface area contributed by atoms with Crippen LogP contribution in [0, 0.1) is 17.8 Å². The van der Waals surface area contributed by atoms with Crippen molar-refractivity contribution in [2.75, 3.05) is 13.2 Å². The van der Waals surface area contributed by atoms with E-state index in [1.54, 1.807) is 0 Å². The molecular weight excluding hydrogens is 520 g/mol. The van der Waals surface area contributed by atoms with Gasteiger partial charge in [0.05, 0.1) is 12.2 Å². The number of halogens is 1. The number of hydrogen-bond donors (Lipinski definition) is 1. The van der Waals surface area contributed by atoms with Gasteiger partial charge >= 0.3 is 5.91 Å². The number of fused-ring (bicyclic) bond motifs is 3. The molecule has 0 radical (unpaired) electrons. The van der Waals surface area contributed by atoms with Crippen LogP contribution >= 0.6 is 15.9 Å². The molecular formula is C28H33BrN4O3. The molecule has 1 aliphatic heterocycles. The third-order valence-electron chi connectivity index (χ3n) is 7.52. The van der Waals surface area contributed by atoms with Crippen LogP contribution in [-0.2, 0) is 11.5 Å². The minimum absolute atomic E-state index is 0.0188. The quantitative estimate of drug-likeness (QED) is 0.335. The van der Waals surface area contributed by atoms with Gasteiger partial charge in [-0.05, 0) is 66.8 Å². The molecule has 2 fully saturated rings. The highest BCUT2D eigenvalue weighted by atomic mass is 79.9. The molecule has 2 bridgehead atoms. The number of benzene rings is 2. The SMILES string of the molecule is Cc1ccccc1OCC(=O)N=Nc1c(O)n(CN2CC3(C)CC2CC(C)(C)C3)c2ccc(Br)cc12. The number of para-hydroxylation sites is 1. The second-order valence-electron chi connectivity index (χ2n) is 11.5. The number of aromatic hydroxyl groups is 1. The molecule has 1 aliphatic carbocycles. The number of hydrogen-bond acceptors (Lipinski definition) is 5. The van der Waals surface area contributed by atoms with Crippen molar-refractivity contribution in [1.82, 2.24) is 9.47 Å². The molecule has 3 aromatic rings. The average molecular weight is 554 g/mol. The van der Waals surface area contributed by atoms with Crippen LogP contribution in [0.5, 0.6) is 11.6 Å². The van der Waals surface area contributed by atoms with Crippen LogP contribution in [0.2, 0.25) is 0 Å². The molecule has 1 amide bonds. The van der Waals surface area contributed by atoms with Crippen molar-refractivity contribution in [3.8, 4) is 11.6 Å². The maximum atomic E-state index is 12.4. The van der Waals surface area contributed by atoms with Crippen LogP contribution in [0.3, 0.4) is 0 Å². The lowest BCUT2D eigenvalue weighted by Crippen LogP contribution is -2.35. The zero-order chi connectivity index (χ0) is 25.7. The van der Waals surface area contributed by atoms with E-state index in [-0.39, 0.29) is 12.5 Å². The molecule has 1 N–H and O–H groups in total. The molecule has 2 aromatic carbocycles. The van der Waals surface area contributed by atoms with E-state index in [0.717, 1.165) is 33.9 Å². The summed E-state index contributed by atoms with van der Waals surface area (Å²) in [4.78, 5) is 14.9. The molecule has 0 spiro atoms. The van der Waals surface area contributed by atoms with Crippen molar-refractivity contribution in [3.05, 3.63) is 52.5 Å². The first-order valence-electron chi connectivity index (χ1n) is 12.4. The second kappa shape index (κ2) is 9.30. The van der Waals surface area contributed by atoms with E-state index in [9.17, 15) is 9.90 Å². The van der Waals surface area contributed by atoms with Crippen molar-refractivity contribution < 1.29 is 14.6 Å². The maximum absolute atomic E-state index is 12.4. The van der Waals surface area contributed by atoms with Crippen LogP contribution in [0.1, 0.15) is 45.6 Å². The molecule has 2 aliphatic rings. The van der Waals surface area contributed by atoms with Gasteiger partial charge in [0.15, 0.2) is 12.3 Å². The van der Waals surface area contributed by atoms with Gasteiger partial charge in [-0.3, -0.25) is 14.3 Å². The number of ether oxygens (including phenoxy) is 1. The number of likely N-dealkylation sites (tertiary alicyclic amines) is 1. The predicted molar refractivity (Wildman–Crippen MR) is 144 cm³/mol. The number of nitrogens with zero attached hydrogens (tertiary/aromatic N) is 4. The zero-order valence-electron chi connectivity index (χ0n) is 21.3. The fraction of sp³-hybridized carbons (Fsp3) is 0.464. The molecule has 2 heterocycles. The summed E-state index contributed by atoms with van der Waals surface area (Å²) < 4.78 is 8.35. The Kier molecular flexibility index (Phi) is 6.45. The normalized spacial score (nSPS) is 23.5. The number of aryl methyl sites for hydroxylation is 1. The molecule has 1 saturated carbocycles. The summed E-state index contributed by atoms with van der Waals surface area (Å²) in [7, 11) is 0. The Bertz CT molecular complexity index is 1350. The van der Waals surface area contributed by atoms with Crippen molar-refractivity contribution in [3.63, 3.8) is 0 Å². The van der Waals surface area contributed by atoms with E-state index in [4.69, 9.17) is 4.74 Å². The van der Waals surface area contributed by atoms with Crippen LogP contribution in [0.15, 0.2) is 57.2 Å². The Labute approximate surface area is 220 Å².